The highest BCUT2D eigenvalue weighted by Crippen LogP contribution is 2.49. The Hall–Kier alpha value is -3.45. The van der Waals surface area contributed by atoms with Gasteiger partial charge in [0.2, 0.25) is 0 Å². The second kappa shape index (κ2) is 10.7. The smallest absolute Gasteiger partial charge is 0.336 e. The Bertz CT molecular complexity index is 1280. The predicted octanol–water partition coefficient (Wildman–Crippen LogP) is 5.74. The number of carbonyl (C=O) groups is 2. The highest BCUT2D eigenvalue weighted by atomic mass is 32.1. The Kier molecular flexibility index (Phi) is 7.59. The maximum absolute atomic E-state index is 13.7. The van der Waals surface area contributed by atoms with E-state index >= 15 is 0 Å². The molecule has 1 aromatic heterocycles. The molecular formula is C29H32N2O4S. The first kappa shape index (κ1) is 25.6. The first-order chi connectivity index (χ1) is 17.3. The Morgan fingerprint density at radius 3 is 2.33 bits per heavy atom. The van der Waals surface area contributed by atoms with Crippen molar-refractivity contribution in [2.24, 2.45) is 5.92 Å². The van der Waals surface area contributed by atoms with Gasteiger partial charge in [0.25, 0.3) is 0 Å². The Labute approximate surface area is 216 Å². The number of rotatable bonds is 7. The number of carbonyl (C=O) groups excluding carboxylic acids is 2. The minimum absolute atomic E-state index is 0.231. The molecule has 0 aliphatic carbocycles. The number of esters is 2. The number of nitrogens with zero attached hydrogens (tertiary/aromatic N) is 1. The SMILES string of the molecule is CCOC(=O)C1=C(C)NC(C)(c2ccccc2)C(C(=O)OCC)C1c1nc(-c2ccccc2C)cs1. The van der Waals surface area contributed by atoms with Crippen LogP contribution in [-0.2, 0) is 24.6 Å². The van der Waals surface area contributed by atoms with Gasteiger partial charge in [0, 0.05) is 16.6 Å². The maximum atomic E-state index is 13.7. The van der Waals surface area contributed by atoms with E-state index in [0.29, 0.717) is 16.3 Å². The van der Waals surface area contributed by atoms with Crippen LogP contribution in [0.3, 0.4) is 0 Å². The van der Waals surface area contributed by atoms with Crippen LogP contribution in [0.4, 0.5) is 0 Å². The molecule has 7 heteroatoms. The molecule has 36 heavy (non-hydrogen) atoms. The molecule has 1 aliphatic heterocycles. The fourth-order valence-corrected chi connectivity index (χ4v) is 6.04. The maximum Gasteiger partial charge on any atom is 0.336 e. The topological polar surface area (TPSA) is 77.5 Å². The lowest BCUT2D eigenvalue weighted by atomic mass is 9.67. The molecule has 3 unspecified atom stereocenters. The van der Waals surface area contributed by atoms with Crippen LogP contribution < -0.4 is 5.32 Å². The summed E-state index contributed by atoms with van der Waals surface area (Å²) in [6.45, 7) is 9.91. The van der Waals surface area contributed by atoms with Crippen LogP contribution in [0.15, 0.2) is 71.2 Å². The molecule has 6 nitrogen and oxygen atoms in total. The molecule has 0 saturated carbocycles. The van der Waals surface area contributed by atoms with Gasteiger partial charge in [-0.15, -0.1) is 11.3 Å². The van der Waals surface area contributed by atoms with Crippen molar-refractivity contribution in [2.45, 2.75) is 46.1 Å². The second-order valence-corrected chi connectivity index (χ2v) is 9.94. The largest absolute Gasteiger partial charge is 0.466 e. The van der Waals surface area contributed by atoms with Crippen molar-refractivity contribution >= 4 is 23.3 Å². The van der Waals surface area contributed by atoms with E-state index in [9.17, 15) is 9.59 Å². The average Bonchev–Trinajstić information content (AvgIpc) is 3.34. The lowest BCUT2D eigenvalue weighted by molar-refractivity contribution is -0.152. The Morgan fingerprint density at radius 1 is 1.00 bits per heavy atom. The normalized spacial score (nSPS) is 21.6. The summed E-state index contributed by atoms with van der Waals surface area (Å²) in [5.74, 6) is -2.23. The first-order valence-electron chi connectivity index (χ1n) is 12.2. The van der Waals surface area contributed by atoms with Gasteiger partial charge in [0.1, 0.15) is 5.01 Å². The highest BCUT2D eigenvalue weighted by molar-refractivity contribution is 7.10. The van der Waals surface area contributed by atoms with Crippen molar-refractivity contribution in [1.29, 1.82) is 0 Å². The van der Waals surface area contributed by atoms with Crippen LogP contribution in [0.2, 0.25) is 0 Å². The number of aromatic nitrogens is 1. The number of allylic oxidation sites excluding steroid dienone is 1. The number of thiazole rings is 1. The summed E-state index contributed by atoms with van der Waals surface area (Å²) in [5.41, 5.74) is 4.10. The van der Waals surface area contributed by atoms with Crippen molar-refractivity contribution in [1.82, 2.24) is 10.3 Å². The van der Waals surface area contributed by atoms with Crippen LogP contribution in [0.25, 0.3) is 11.3 Å². The van der Waals surface area contributed by atoms with Crippen molar-refractivity contribution in [2.75, 3.05) is 13.2 Å². The molecule has 0 fully saturated rings. The van der Waals surface area contributed by atoms with Gasteiger partial charge in [-0.1, -0.05) is 54.6 Å². The molecule has 1 aliphatic rings. The molecule has 188 valence electrons. The zero-order chi connectivity index (χ0) is 25.9. The number of hydrogen-bond donors (Lipinski definition) is 1. The van der Waals surface area contributed by atoms with Gasteiger partial charge >= 0.3 is 11.9 Å². The summed E-state index contributed by atoms with van der Waals surface area (Å²) in [6, 6.07) is 17.8. The summed E-state index contributed by atoms with van der Waals surface area (Å²) in [7, 11) is 0. The third-order valence-electron chi connectivity index (χ3n) is 6.74. The van der Waals surface area contributed by atoms with E-state index in [2.05, 4.69) is 5.32 Å². The van der Waals surface area contributed by atoms with Crippen LogP contribution in [0.1, 0.15) is 49.7 Å². The molecule has 1 N–H and O–H groups in total. The van der Waals surface area contributed by atoms with Gasteiger partial charge in [-0.3, -0.25) is 4.79 Å². The van der Waals surface area contributed by atoms with E-state index in [0.717, 1.165) is 22.4 Å². The molecule has 2 heterocycles. The number of aryl methyl sites for hydroxylation is 1. The van der Waals surface area contributed by atoms with E-state index in [-0.39, 0.29) is 19.2 Å². The quantitative estimate of drug-likeness (QED) is 0.414. The molecule has 0 spiro atoms. The summed E-state index contributed by atoms with van der Waals surface area (Å²) >= 11 is 1.45. The molecule has 0 bridgehead atoms. The lowest BCUT2D eigenvalue weighted by Gasteiger charge is -2.46. The first-order valence-corrected chi connectivity index (χ1v) is 13.1. The number of nitrogens with one attached hydrogen (secondary N) is 1. The van der Waals surface area contributed by atoms with Crippen LogP contribution >= 0.6 is 11.3 Å². The van der Waals surface area contributed by atoms with Crippen LogP contribution in [0, 0.1) is 12.8 Å². The standard InChI is InChI=1S/C29H32N2O4S/c1-6-34-27(32)23-19(4)31-29(5,20-14-9-8-10-15-20)25(28(33)35-7-2)24(23)26-30-22(17-36-26)21-16-12-11-13-18(21)3/h8-17,24-25,31H,6-7H2,1-5H3. The van der Waals surface area contributed by atoms with E-state index in [1.54, 1.807) is 13.8 Å². The van der Waals surface area contributed by atoms with Crippen molar-refractivity contribution in [3.05, 3.63) is 87.4 Å². The van der Waals surface area contributed by atoms with Crippen molar-refractivity contribution < 1.29 is 19.1 Å². The monoisotopic (exact) mass is 504 g/mol. The third-order valence-corrected chi connectivity index (χ3v) is 7.66. The number of hydrogen-bond acceptors (Lipinski definition) is 7. The summed E-state index contributed by atoms with van der Waals surface area (Å²) < 4.78 is 11.1. The lowest BCUT2D eigenvalue weighted by Crippen LogP contribution is -2.55. The number of benzene rings is 2. The van der Waals surface area contributed by atoms with Crippen molar-refractivity contribution in [3.8, 4) is 11.3 Å². The zero-order valence-corrected chi connectivity index (χ0v) is 22.1. The van der Waals surface area contributed by atoms with Gasteiger partial charge < -0.3 is 14.8 Å². The fourth-order valence-electron chi connectivity index (χ4n) is 5.08. The summed E-state index contributed by atoms with van der Waals surface area (Å²) in [4.78, 5) is 32.0. The number of ether oxygens (including phenoxy) is 2. The van der Waals surface area contributed by atoms with E-state index in [1.165, 1.54) is 11.3 Å². The van der Waals surface area contributed by atoms with Crippen LogP contribution in [-0.4, -0.2) is 30.1 Å². The van der Waals surface area contributed by atoms with Gasteiger partial charge in [-0.25, -0.2) is 9.78 Å². The summed E-state index contributed by atoms with van der Waals surface area (Å²) in [5, 5.41) is 6.15. The Balaban J connectivity index is 1.94. The fraction of sp³-hybridized carbons (Fsp3) is 0.345. The van der Waals surface area contributed by atoms with Crippen molar-refractivity contribution in [3.63, 3.8) is 0 Å². The molecule has 4 rings (SSSR count). The molecule has 3 atom stereocenters. The minimum Gasteiger partial charge on any atom is -0.466 e. The highest BCUT2D eigenvalue weighted by Gasteiger charge is 2.54. The van der Waals surface area contributed by atoms with Gasteiger partial charge in [-0.05, 0) is 45.7 Å². The second-order valence-electron chi connectivity index (χ2n) is 9.05. The van der Waals surface area contributed by atoms with Gasteiger partial charge in [0.15, 0.2) is 0 Å². The predicted molar refractivity (Wildman–Crippen MR) is 141 cm³/mol. The molecule has 2 aromatic carbocycles. The Morgan fingerprint density at radius 2 is 1.67 bits per heavy atom. The van der Waals surface area contributed by atoms with E-state index in [1.807, 2.05) is 80.7 Å². The molecule has 0 amide bonds. The van der Waals surface area contributed by atoms with Gasteiger partial charge in [-0.2, -0.15) is 0 Å². The van der Waals surface area contributed by atoms with E-state index in [4.69, 9.17) is 14.5 Å². The third kappa shape index (κ3) is 4.67. The summed E-state index contributed by atoms with van der Waals surface area (Å²) in [6.07, 6.45) is 0. The average molecular weight is 505 g/mol. The van der Waals surface area contributed by atoms with Gasteiger partial charge in [0.05, 0.1) is 41.9 Å². The molecule has 0 saturated heterocycles. The van der Waals surface area contributed by atoms with Crippen LogP contribution in [0.5, 0.6) is 0 Å². The minimum atomic E-state index is -0.841. The molecule has 3 aromatic rings. The zero-order valence-electron chi connectivity index (χ0n) is 21.3. The molecule has 0 radical (unpaired) electrons. The van der Waals surface area contributed by atoms with E-state index < -0.39 is 23.3 Å². The molecular weight excluding hydrogens is 472 g/mol.